The van der Waals surface area contributed by atoms with Crippen molar-refractivity contribution < 1.29 is 34.0 Å². The molecule has 240 valence electrons. The standard InChI is InChI=1S/C38H46O7/c1-32(42)18-38(44-20-32)30(40)29(31(41)45-38)24-11-15-37-19-36(24,37)14-12-26-33(2)13-10-23-16-25(22-8-6-5-7-9-22)43-21-34(23,3)27(33)17-28(39)35(26,37)4/h5-10,12,14,24-27,29-30,40,42H,11,13,15-21H2,1-4H3/t24-,25-,26+,27+,29+,30+,32+,33+,34-,35-,36?,37?,38-/m0/s1. The van der Waals surface area contributed by atoms with E-state index < -0.39 is 34.8 Å². The average molecular weight is 615 g/mol. The number of hydrogen-bond donors (Lipinski definition) is 2. The Morgan fingerprint density at radius 2 is 1.76 bits per heavy atom. The lowest BCUT2D eigenvalue weighted by atomic mass is 9.39. The summed E-state index contributed by atoms with van der Waals surface area (Å²) in [7, 11) is 0. The number of ketones is 1. The topological polar surface area (TPSA) is 102 Å². The van der Waals surface area contributed by atoms with Crippen LogP contribution in [0.2, 0.25) is 0 Å². The number of benzene rings is 1. The number of Topliss-reactive ketones (excluding diaryl/α,β-unsaturated/α-hetero) is 1. The van der Waals surface area contributed by atoms with E-state index >= 15 is 0 Å². The zero-order chi connectivity index (χ0) is 31.4. The molecule has 3 saturated heterocycles. The summed E-state index contributed by atoms with van der Waals surface area (Å²) in [4.78, 5) is 28.2. The van der Waals surface area contributed by atoms with Crippen molar-refractivity contribution in [1.29, 1.82) is 0 Å². The van der Waals surface area contributed by atoms with E-state index in [4.69, 9.17) is 14.2 Å². The molecule has 3 heterocycles. The molecule has 6 fully saturated rings. The van der Waals surface area contributed by atoms with E-state index in [1.807, 2.05) is 6.07 Å². The van der Waals surface area contributed by atoms with Crippen molar-refractivity contribution in [2.24, 2.45) is 50.7 Å². The monoisotopic (exact) mass is 614 g/mol. The summed E-state index contributed by atoms with van der Waals surface area (Å²) in [5, 5.41) is 22.2. The van der Waals surface area contributed by atoms with Crippen molar-refractivity contribution in [1.82, 2.24) is 0 Å². The van der Waals surface area contributed by atoms with E-state index in [-0.39, 0.29) is 58.5 Å². The van der Waals surface area contributed by atoms with Crippen molar-refractivity contribution in [2.75, 3.05) is 13.2 Å². The number of rotatable bonds is 2. The first-order valence-electron chi connectivity index (χ1n) is 17.1. The molecule has 0 radical (unpaired) electrons. The number of hydrogen-bond acceptors (Lipinski definition) is 7. The Balaban J connectivity index is 1.05. The van der Waals surface area contributed by atoms with Crippen LogP contribution < -0.4 is 0 Å². The minimum absolute atomic E-state index is 0.0186. The van der Waals surface area contributed by atoms with Gasteiger partial charge in [-0.3, -0.25) is 9.59 Å². The third-order valence-electron chi connectivity index (χ3n) is 15.1. The van der Waals surface area contributed by atoms with Crippen LogP contribution in [0.4, 0.5) is 0 Å². The number of allylic oxidation sites excluding steroid dienone is 3. The molecule has 7 nitrogen and oxygen atoms in total. The first kappa shape index (κ1) is 28.9. The van der Waals surface area contributed by atoms with E-state index in [9.17, 15) is 19.8 Å². The molecule has 1 spiro atoms. The summed E-state index contributed by atoms with van der Waals surface area (Å²) in [6, 6.07) is 10.5. The van der Waals surface area contributed by atoms with Crippen LogP contribution in [0.1, 0.15) is 84.3 Å². The smallest absolute Gasteiger partial charge is 0.314 e. The Bertz CT molecular complexity index is 1560. The van der Waals surface area contributed by atoms with Crippen LogP contribution in [0, 0.1) is 50.7 Å². The first-order valence-corrected chi connectivity index (χ1v) is 17.1. The Morgan fingerprint density at radius 3 is 2.49 bits per heavy atom. The highest BCUT2D eigenvalue weighted by molar-refractivity contribution is 5.90. The van der Waals surface area contributed by atoms with Crippen LogP contribution in [-0.2, 0) is 23.8 Å². The highest BCUT2D eigenvalue weighted by Gasteiger charge is 2.86. The van der Waals surface area contributed by atoms with Gasteiger partial charge in [-0.25, -0.2) is 0 Å². The fourth-order valence-electron chi connectivity index (χ4n) is 12.8. The highest BCUT2D eigenvalue weighted by Crippen LogP contribution is 2.89. The van der Waals surface area contributed by atoms with Crippen molar-refractivity contribution in [3.63, 3.8) is 0 Å². The van der Waals surface area contributed by atoms with Gasteiger partial charge in [-0.15, -0.1) is 0 Å². The van der Waals surface area contributed by atoms with Gasteiger partial charge in [-0.05, 0) is 78.6 Å². The first-order chi connectivity index (χ1) is 21.3. The normalized spacial score (nSPS) is 55.7. The molecule has 1 aromatic rings. The van der Waals surface area contributed by atoms with Gasteiger partial charge in [-0.2, -0.15) is 0 Å². The van der Waals surface area contributed by atoms with Gasteiger partial charge in [0, 0.05) is 23.7 Å². The molecule has 2 N–H and O–H groups in total. The molecule has 13 atom stereocenters. The van der Waals surface area contributed by atoms with E-state index in [2.05, 4.69) is 63.3 Å². The lowest BCUT2D eigenvalue weighted by molar-refractivity contribution is -0.220. The van der Waals surface area contributed by atoms with Crippen LogP contribution in [0.15, 0.2) is 54.1 Å². The molecule has 1 aromatic carbocycles. The predicted molar refractivity (Wildman–Crippen MR) is 164 cm³/mol. The molecular weight excluding hydrogens is 568 g/mol. The number of esters is 1. The molecule has 5 aliphatic carbocycles. The molecular formula is C38H46O7. The van der Waals surface area contributed by atoms with E-state index in [0.717, 1.165) is 32.1 Å². The largest absolute Gasteiger partial charge is 0.430 e. The van der Waals surface area contributed by atoms with Gasteiger partial charge >= 0.3 is 5.97 Å². The number of aliphatic hydroxyl groups excluding tert-OH is 1. The second-order valence-electron chi connectivity index (χ2n) is 17.1. The molecule has 2 unspecified atom stereocenters. The van der Waals surface area contributed by atoms with E-state index in [1.54, 1.807) is 6.92 Å². The fourth-order valence-corrected chi connectivity index (χ4v) is 12.8. The van der Waals surface area contributed by atoms with Gasteiger partial charge in [0.05, 0.1) is 30.8 Å². The van der Waals surface area contributed by atoms with Crippen molar-refractivity contribution >= 4 is 11.8 Å². The fraction of sp³-hybridized carbons (Fsp3) is 0.684. The van der Waals surface area contributed by atoms with Crippen molar-refractivity contribution in [3.8, 4) is 0 Å². The molecule has 0 amide bonds. The highest BCUT2D eigenvalue weighted by atomic mass is 16.7. The maximum absolute atomic E-state index is 14.8. The van der Waals surface area contributed by atoms with Crippen LogP contribution in [0.3, 0.4) is 0 Å². The third-order valence-corrected chi connectivity index (χ3v) is 15.1. The second kappa shape index (κ2) is 8.58. The Hall–Kier alpha value is -2.32. The minimum Gasteiger partial charge on any atom is -0.430 e. The van der Waals surface area contributed by atoms with Gasteiger partial charge in [0.15, 0.2) is 0 Å². The molecule has 7 heteroatoms. The van der Waals surface area contributed by atoms with E-state index in [1.165, 1.54) is 11.1 Å². The summed E-state index contributed by atoms with van der Waals surface area (Å²) in [5.74, 6) is -2.14. The Kier molecular flexibility index (Phi) is 5.50. The number of ether oxygens (including phenoxy) is 3. The van der Waals surface area contributed by atoms with Crippen LogP contribution >= 0.6 is 0 Å². The maximum atomic E-state index is 14.8. The third kappa shape index (κ3) is 3.27. The summed E-state index contributed by atoms with van der Waals surface area (Å²) in [6.45, 7) is 9.28. The predicted octanol–water partition coefficient (Wildman–Crippen LogP) is 5.46. The summed E-state index contributed by atoms with van der Waals surface area (Å²) in [5.41, 5.74) is 0.136. The molecule has 3 saturated carbocycles. The van der Waals surface area contributed by atoms with Crippen molar-refractivity contribution in [3.05, 3.63) is 59.7 Å². The Morgan fingerprint density at radius 1 is 0.978 bits per heavy atom. The van der Waals surface area contributed by atoms with Crippen LogP contribution in [0.5, 0.6) is 0 Å². The quantitative estimate of drug-likeness (QED) is 0.337. The number of carbonyl (C=O) groups is 2. The molecule has 9 rings (SSSR count). The minimum atomic E-state index is -1.49. The van der Waals surface area contributed by atoms with Gasteiger partial charge in [0.1, 0.15) is 11.9 Å². The number of carbonyl (C=O) groups excluding carboxylic acids is 2. The molecule has 0 bridgehead atoms. The summed E-state index contributed by atoms with van der Waals surface area (Å²) < 4.78 is 18.2. The molecule has 8 aliphatic rings. The SMILES string of the molecule is C[C@]1(O)CO[C@@]2(C1)OC(=O)[C@H]([C@@H]1CCC34CC13C=C[C@@H]1[C@@]3(C)CC=C5C[C@@H](c6ccccc6)OC[C@]5(C)[C@@H]3CC(=O)[C@]14C)[C@H]2O. The molecule has 0 aromatic heterocycles. The van der Waals surface area contributed by atoms with Crippen molar-refractivity contribution in [2.45, 2.75) is 96.2 Å². The number of fused-ring (bicyclic) bond motifs is 5. The lowest BCUT2D eigenvalue weighted by Crippen LogP contribution is -2.63. The molecule has 45 heavy (non-hydrogen) atoms. The maximum Gasteiger partial charge on any atom is 0.314 e. The summed E-state index contributed by atoms with van der Waals surface area (Å²) in [6.07, 6.45) is 11.0. The zero-order valence-corrected chi connectivity index (χ0v) is 26.9. The summed E-state index contributed by atoms with van der Waals surface area (Å²) >= 11 is 0. The lowest BCUT2D eigenvalue weighted by Gasteiger charge is -2.64. The second-order valence-corrected chi connectivity index (χ2v) is 17.1. The van der Waals surface area contributed by atoms with Crippen LogP contribution in [0.25, 0.3) is 0 Å². The Labute approximate surface area is 265 Å². The number of aliphatic hydroxyl groups is 2. The van der Waals surface area contributed by atoms with Gasteiger partial charge in [-0.1, -0.05) is 74.9 Å². The average Bonchev–Trinajstić information content (AvgIpc) is 3.32. The van der Waals surface area contributed by atoms with E-state index in [0.29, 0.717) is 18.8 Å². The van der Waals surface area contributed by atoms with Gasteiger partial charge in [0.25, 0.3) is 0 Å². The molecule has 3 aliphatic heterocycles. The van der Waals surface area contributed by atoms with Crippen LogP contribution in [-0.4, -0.2) is 52.7 Å². The van der Waals surface area contributed by atoms with Gasteiger partial charge < -0.3 is 24.4 Å². The van der Waals surface area contributed by atoms with Gasteiger partial charge in [0.2, 0.25) is 5.79 Å². The zero-order valence-electron chi connectivity index (χ0n) is 26.9.